The third-order valence-electron chi connectivity index (χ3n) is 8.45. The Hall–Kier alpha value is -2.51. The fourth-order valence-corrected chi connectivity index (χ4v) is 5.79. The van der Waals surface area contributed by atoms with Crippen LogP contribution in [0.15, 0.2) is 72.9 Å². The van der Waals surface area contributed by atoms with Crippen LogP contribution in [0, 0.1) is 0 Å². The Kier molecular flexibility index (Phi) is 37.3. The highest BCUT2D eigenvalue weighted by Crippen LogP contribution is 2.42. The smallest absolute Gasteiger partial charge is 0.462 e. The fraction of sp³-hybridized carbons (Fsp3) is 0.682. The molecule has 53 heavy (non-hydrogen) atoms. The molecule has 0 bridgehead atoms. The molecule has 0 saturated heterocycles. The van der Waals surface area contributed by atoms with Crippen LogP contribution in [0.25, 0.3) is 0 Å². The molecule has 0 spiro atoms. The molecule has 9 heteroatoms. The Labute approximate surface area is 323 Å². The second-order valence-electron chi connectivity index (χ2n) is 13.4. The Balaban J connectivity index is 4.06. The van der Waals surface area contributed by atoms with E-state index in [-0.39, 0.29) is 25.4 Å². The Morgan fingerprint density at radius 1 is 0.528 bits per heavy atom. The maximum absolute atomic E-state index is 12.5. The first kappa shape index (κ1) is 50.5. The van der Waals surface area contributed by atoms with Gasteiger partial charge in [-0.15, -0.1) is 0 Å². The predicted molar refractivity (Wildman–Crippen MR) is 221 cm³/mol. The number of rotatable bonds is 37. The summed E-state index contributed by atoms with van der Waals surface area (Å²) < 4.78 is 32.0. The van der Waals surface area contributed by atoms with Gasteiger partial charge in [0, 0.05) is 20.0 Å². The summed E-state index contributed by atoms with van der Waals surface area (Å²) in [5.74, 6) is -0.832. The SMILES string of the molecule is CC/C=C\C/C=C\C/C=C\CCCCCCCCCC(=O)OCC(COP(=O)(O)OC)OC(=O)CCCCCCCCC/C=C\C/C=C\C/C=C\CC. The van der Waals surface area contributed by atoms with Gasteiger partial charge in [0.25, 0.3) is 0 Å². The minimum absolute atomic E-state index is 0.228. The van der Waals surface area contributed by atoms with Crippen molar-refractivity contribution in [2.24, 2.45) is 0 Å². The lowest BCUT2D eigenvalue weighted by Crippen LogP contribution is -2.29. The van der Waals surface area contributed by atoms with E-state index in [1.54, 1.807) is 0 Å². The van der Waals surface area contributed by atoms with Gasteiger partial charge in [0.05, 0.1) is 6.61 Å². The maximum Gasteiger partial charge on any atom is 0.472 e. The topological polar surface area (TPSA) is 108 Å². The first-order chi connectivity index (χ1) is 25.8. The molecular weight excluding hydrogens is 687 g/mol. The van der Waals surface area contributed by atoms with Crippen molar-refractivity contribution in [1.29, 1.82) is 0 Å². The van der Waals surface area contributed by atoms with E-state index in [9.17, 15) is 19.0 Å². The molecule has 0 aromatic carbocycles. The lowest BCUT2D eigenvalue weighted by molar-refractivity contribution is -0.161. The zero-order chi connectivity index (χ0) is 38.9. The summed E-state index contributed by atoms with van der Waals surface area (Å²) in [4.78, 5) is 34.5. The van der Waals surface area contributed by atoms with Crippen LogP contribution >= 0.6 is 7.82 Å². The van der Waals surface area contributed by atoms with E-state index in [0.29, 0.717) is 6.42 Å². The van der Waals surface area contributed by atoms with Crippen LogP contribution in [0.5, 0.6) is 0 Å². The van der Waals surface area contributed by atoms with Crippen LogP contribution in [-0.4, -0.2) is 43.3 Å². The quantitative estimate of drug-likeness (QED) is 0.0288. The highest BCUT2D eigenvalue weighted by molar-refractivity contribution is 7.47. The second-order valence-corrected chi connectivity index (χ2v) is 14.9. The molecule has 0 saturated carbocycles. The zero-order valence-corrected chi connectivity index (χ0v) is 34.5. The number of phosphoric ester groups is 1. The van der Waals surface area contributed by atoms with Crippen LogP contribution in [0.2, 0.25) is 0 Å². The van der Waals surface area contributed by atoms with Crippen LogP contribution in [0.3, 0.4) is 0 Å². The molecule has 0 amide bonds. The number of hydrogen-bond acceptors (Lipinski definition) is 7. The van der Waals surface area contributed by atoms with E-state index in [0.717, 1.165) is 103 Å². The molecule has 304 valence electrons. The van der Waals surface area contributed by atoms with Gasteiger partial charge < -0.3 is 14.4 Å². The molecule has 0 heterocycles. The van der Waals surface area contributed by atoms with Crippen molar-refractivity contribution in [3.8, 4) is 0 Å². The van der Waals surface area contributed by atoms with E-state index in [1.165, 1.54) is 38.5 Å². The summed E-state index contributed by atoms with van der Waals surface area (Å²) >= 11 is 0. The average Bonchev–Trinajstić information content (AvgIpc) is 3.15. The first-order valence-corrected chi connectivity index (χ1v) is 22.1. The van der Waals surface area contributed by atoms with Crippen LogP contribution in [0.1, 0.15) is 168 Å². The summed E-state index contributed by atoms with van der Waals surface area (Å²) in [5, 5.41) is 0. The Morgan fingerprint density at radius 2 is 0.906 bits per heavy atom. The van der Waals surface area contributed by atoms with Crippen LogP contribution < -0.4 is 0 Å². The van der Waals surface area contributed by atoms with Crippen molar-refractivity contribution >= 4 is 19.8 Å². The number of ether oxygens (including phenoxy) is 2. The summed E-state index contributed by atoms with van der Waals surface area (Å²) in [7, 11) is -3.21. The Bertz CT molecular complexity index is 1090. The van der Waals surface area contributed by atoms with Gasteiger partial charge in [0.15, 0.2) is 6.10 Å². The van der Waals surface area contributed by atoms with Crippen molar-refractivity contribution in [1.82, 2.24) is 0 Å². The molecule has 0 aromatic rings. The van der Waals surface area contributed by atoms with Gasteiger partial charge in [-0.3, -0.25) is 18.6 Å². The van der Waals surface area contributed by atoms with Crippen LogP contribution in [-0.2, 0) is 32.7 Å². The molecule has 0 aromatic heterocycles. The van der Waals surface area contributed by atoms with Gasteiger partial charge in [0.2, 0.25) is 0 Å². The van der Waals surface area contributed by atoms with Crippen molar-refractivity contribution in [2.45, 2.75) is 174 Å². The molecule has 0 fully saturated rings. The number of hydrogen-bond donors (Lipinski definition) is 1. The lowest BCUT2D eigenvalue weighted by atomic mass is 10.1. The number of carbonyl (C=O) groups excluding carboxylic acids is 2. The standard InChI is InChI=1S/C44H75O8P/c1-4-6-8-10-12-14-16-18-20-22-24-26-28-30-32-34-36-38-43(45)50-40-42(41-51-53(47,48)49-3)52-44(46)39-37-35-33-31-29-27-25-23-21-19-17-15-13-11-9-7-5-2/h6-9,12-15,18-21,42H,4-5,10-11,16-17,22-41H2,1-3H3,(H,47,48)/b8-6-,9-7-,14-12-,15-13-,20-18-,21-19-. The van der Waals surface area contributed by atoms with E-state index < -0.39 is 26.5 Å². The van der Waals surface area contributed by atoms with Crippen molar-refractivity contribution in [3.63, 3.8) is 0 Å². The highest BCUT2D eigenvalue weighted by atomic mass is 31.2. The molecular formula is C44H75O8P. The number of esters is 2. The van der Waals surface area contributed by atoms with Gasteiger partial charge in [-0.25, -0.2) is 4.57 Å². The first-order valence-electron chi connectivity index (χ1n) is 20.6. The zero-order valence-electron chi connectivity index (χ0n) is 33.6. The number of allylic oxidation sites excluding steroid dienone is 12. The molecule has 0 aliphatic carbocycles. The molecule has 2 atom stereocenters. The number of unbranched alkanes of at least 4 members (excludes halogenated alkanes) is 14. The van der Waals surface area contributed by atoms with Crippen LogP contribution in [0.4, 0.5) is 0 Å². The van der Waals surface area contributed by atoms with E-state index >= 15 is 0 Å². The summed E-state index contributed by atoms with van der Waals surface area (Å²) in [6.45, 7) is 3.64. The minimum Gasteiger partial charge on any atom is -0.462 e. The summed E-state index contributed by atoms with van der Waals surface area (Å²) in [6, 6.07) is 0. The van der Waals surface area contributed by atoms with Crippen molar-refractivity contribution < 1.29 is 37.6 Å². The van der Waals surface area contributed by atoms with Crippen molar-refractivity contribution in [3.05, 3.63) is 72.9 Å². The minimum atomic E-state index is -4.27. The Morgan fingerprint density at radius 3 is 1.34 bits per heavy atom. The van der Waals surface area contributed by atoms with E-state index in [1.807, 2.05) is 0 Å². The third kappa shape index (κ3) is 39.0. The third-order valence-corrected chi connectivity index (χ3v) is 9.38. The maximum atomic E-state index is 12.5. The van der Waals surface area contributed by atoms with Crippen molar-refractivity contribution in [2.75, 3.05) is 20.3 Å². The molecule has 0 aliphatic heterocycles. The molecule has 0 radical (unpaired) electrons. The average molecular weight is 763 g/mol. The lowest BCUT2D eigenvalue weighted by Gasteiger charge is -2.19. The summed E-state index contributed by atoms with van der Waals surface area (Å²) in [6.07, 6.45) is 49.5. The van der Waals surface area contributed by atoms with Gasteiger partial charge in [-0.1, -0.05) is 151 Å². The normalized spacial score (nSPS) is 14.1. The molecule has 8 nitrogen and oxygen atoms in total. The van der Waals surface area contributed by atoms with Gasteiger partial charge in [-0.05, 0) is 77.0 Å². The van der Waals surface area contributed by atoms with E-state index in [4.69, 9.17) is 14.0 Å². The predicted octanol–water partition coefficient (Wildman–Crippen LogP) is 12.9. The molecule has 0 aliphatic rings. The highest BCUT2D eigenvalue weighted by Gasteiger charge is 2.24. The molecule has 1 N–H and O–H groups in total. The van der Waals surface area contributed by atoms with E-state index in [2.05, 4.69) is 91.3 Å². The summed E-state index contributed by atoms with van der Waals surface area (Å²) in [5.41, 5.74) is 0. The van der Waals surface area contributed by atoms with Gasteiger partial charge >= 0.3 is 19.8 Å². The fourth-order valence-electron chi connectivity index (χ4n) is 5.33. The largest absolute Gasteiger partial charge is 0.472 e. The molecule has 0 rings (SSSR count). The molecule has 2 unspecified atom stereocenters. The number of phosphoric acid groups is 1. The van der Waals surface area contributed by atoms with Gasteiger partial charge in [0.1, 0.15) is 6.61 Å². The number of carbonyl (C=O) groups is 2. The monoisotopic (exact) mass is 763 g/mol. The van der Waals surface area contributed by atoms with Gasteiger partial charge in [-0.2, -0.15) is 0 Å². The second kappa shape index (κ2) is 39.2.